The van der Waals surface area contributed by atoms with Crippen molar-refractivity contribution in [2.45, 2.75) is 157 Å². The lowest BCUT2D eigenvalue weighted by molar-refractivity contribution is 0.300. The molecule has 13 rings (SSSR count). The third-order valence-electron chi connectivity index (χ3n) is 19.9. The average molecular weight is 1860 g/mol. The van der Waals surface area contributed by atoms with E-state index in [1.807, 2.05) is 0 Å². The van der Waals surface area contributed by atoms with Gasteiger partial charge >= 0.3 is 0 Å². The summed E-state index contributed by atoms with van der Waals surface area (Å²) in [5.41, 5.74) is 123. The predicted octanol–water partition coefficient (Wildman–Crippen LogP) is 18.7. The van der Waals surface area contributed by atoms with Gasteiger partial charge in [-0.3, -0.25) is 0 Å². The number of ether oxygens (including phenoxy) is 6. The van der Waals surface area contributed by atoms with Gasteiger partial charge in [0.05, 0.1) is 155 Å². The molecule has 690 valence electrons. The Morgan fingerprint density at radius 2 is 0.297 bits per heavy atom. The molecule has 0 aliphatic heterocycles. The molecule has 0 saturated heterocycles. The maximum absolute atomic E-state index is 9.29. The second-order valence-corrected chi connectivity index (χ2v) is 29.6. The molecule has 0 unspecified atom stereocenters. The molecule has 0 atom stereocenters. The highest BCUT2D eigenvalue weighted by Gasteiger charge is 2.29. The van der Waals surface area contributed by atoms with Gasteiger partial charge in [-0.25, -0.2) is 28.1 Å². The third-order valence-corrected chi connectivity index (χ3v) is 19.9. The second kappa shape index (κ2) is 49.6. The van der Waals surface area contributed by atoms with Gasteiger partial charge in [0.1, 0.15) is 108 Å². The van der Waals surface area contributed by atoms with E-state index in [0.717, 1.165) is 0 Å². The largest absolute Gasteiger partial charge is 0.487 e. The van der Waals surface area contributed by atoms with Crippen LogP contribution in [0.2, 0.25) is 0 Å². The fraction of sp³-hybridized carbons (Fsp3) is 0.308. The van der Waals surface area contributed by atoms with Gasteiger partial charge in [0.2, 0.25) is 0 Å². The van der Waals surface area contributed by atoms with Crippen LogP contribution in [0.3, 0.4) is 0 Å². The fourth-order valence-corrected chi connectivity index (χ4v) is 14.4. The first-order valence-electron chi connectivity index (χ1n) is 40.8. The Bertz CT molecular complexity index is 5870. The van der Waals surface area contributed by atoms with Gasteiger partial charge in [-0.05, 0) is 239 Å². The van der Waals surface area contributed by atoms with E-state index in [1.165, 1.54) is 0 Å². The summed E-state index contributed by atoms with van der Waals surface area (Å²) in [6, 6.07) is 30.3. The van der Waals surface area contributed by atoms with E-state index in [0.29, 0.717) is 169 Å². The van der Waals surface area contributed by atoms with Crippen molar-refractivity contribution in [2.75, 3.05) is 0 Å². The van der Waals surface area contributed by atoms with Crippen LogP contribution in [0.15, 0.2) is 208 Å². The van der Waals surface area contributed by atoms with Crippen LogP contribution in [0, 0.1) is 0 Å². The molecule has 60 heteroatoms. The van der Waals surface area contributed by atoms with Gasteiger partial charge in [-0.2, -0.15) is 0 Å². The fourth-order valence-electron chi connectivity index (χ4n) is 14.4. The van der Waals surface area contributed by atoms with Crippen LogP contribution in [0.4, 0.5) is 0 Å². The smallest absolute Gasteiger partial charge is 0.134 e. The quantitative estimate of drug-likeness (QED) is 0.0194. The molecular formula is C78H72N54O6. The number of benzene rings is 7. The van der Waals surface area contributed by atoms with Crippen molar-refractivity contribution >= 4 is 0 Å². The minimum atomic E-state index is -0.185. The van der Waals surface area contributed by atoms with Crippen molar-refractivity contribution in [2.24, 2.45) is 61.4 Å². The van der Waals surface area contributed by atoms with Crippen LogP contribution in [0.1, 0.15) is 134 Å². The Morgan fingerprint density at radius 3 is 0.406 bits per heavy atom. The molecule has 0 aliphatic rings. The molecule has 0 bridgehead atoms. The first-order valence-corrected chi connectivity index (χ1v) is 40.8. The summed E-state index contributed by atoms with van der Waals surface area (Å²) in [5.74, 6) is 1.89. The normalized spacial score (nSPS) is 10.4. The monoisotopic (exact) mass is 1860 g/mol. The molecular weight excluding hydrogens is 1790 g/mol. The summed E-state index contributed by atoms with van der Waals surface area (Å²) >= 11 is 0. The Morgan fingerprint density at radius 1 is 0.181 bits per heavy atom. The lowest BCUT2D eigenvalue weighted by Gasteiger charge is -2.27. The zero-order chi connectivity index (χ0) is 96.4. The minimum absolute atomic E-state index is 0.0558. The summed E-state index contributed by atoms with van der Waals surface area (Å²) in [7, 11) is 0. The zero-order valence-electron chi connectivity index (χ0n) is 72.4. The standard InChI is InChI=1S/C78H72N54O6/c79-109-91-19-49-1-50(20-92-110-80)8-67(7-49)133-43-61-31-127(121-103-61)37-73-74(38-128-32-62(104-122-128)44-134-68-9-51(21-93-111-81)2-52(10-68)22-94-112-82)76(40-130-34-64(106-124-130)46-136-70-13-55(25-97-115-85)4-56(14-70)26-98-116-86)78(42-132-36-66(108-126-132)48-138-72-17-59(29-101-119-89)6-60(18-72)30-102-120-90)77(41-131-35-65(107-125-131)47-137-71-15-57(27-99-117-87)5-58(16-71)28-100-118-88)75(73)39-129-33-63(105-123-129)45-135-69-11-53(23-95-113-83)3-54(12-69)24-96-114-84/h1-18,31-36H,19-30,37-48H2. The second-order valence-electron chi connectivity index (χ2n) is 29.6. The van der Waals surface area contributed by atoms with Gasteiger partial charge in [-0.15, -0.1) is 30.6 Å². The summed E-state index contributed by atoms with van der Waals surface area (Å²) in [6.07, 6.45) is 10.0. The Hall–Kier alpha value is -20.1. The van der Waals surface area contributed by atoms with Crippen LogP contribution in [0.5, 0.6) is 34.5 Å². The Kier molecular flexibility index (Phi) is 34.3. The number of azide groups is 12. The van der Waals surface area contributed by atoms with E-state index in [-0.39, 0.29) is 157 Å². The van der Waals surface area contributed by atoms with Crippen molar-refractivity contribution in [3.63, 3.8) is 0 Å². The first-order chi connectivity index (χ1) is 67.7. The van der Waals surface area contributed by atoms with Gasteiger partial charge in [0.25, 0.3) is 0 Å². The third kappa shape index (κ3) is 28.5. The molecule has 60 nitrogen and oxygen atoms in total. The van der Waals surface area contributed by atoms with E-state index in [4.69, 9.17) is 59.7 Å². The molecule has 6 heterocycles. The number of aromatic nitrogens is 18. The average Bonchev–Trinajstić information content (AvgIpc) is 1.41. The van der Waals surface area contributed by atoms with E-state index >= 15 is 0 Å². The van der Waals surface area contributed by atoms with Gasteiger partial charge < -0.3 is 28.4 Å². The molecule has 0 aliphatic carbocycles. The maximum atomic E-state index is 9.29. The Labute approximate surface area is 774 Å². The topological polar surface area (TPSA) is 825 Å². The highest BCUT2D eigenvalue weighted by molar-refractivity contribution is 5.54. The molecule has 0 amide bonds. The number of rotatable bonds is 54. The first kappa shape index (κ1) is 95.5. The molecule has 138 heavy (non-hydrogen) atoms. The van der Waals surface area contributed by atoms with Crippen LogP contribution >= 0.6 is 0 Å². The van der Waals surface area contributed by atoms with Gasteiger partial charge in [0.15, 0.2) is 0 Å². The lowest BCUT2D eigenvalue weighted by Crippen LogP contribution is -2.24. The van der Waals surface area contributed by atoms with Crippen molar-refractivity contribution in [3.05, 3.63) is 406 Å². The predicted molar refractivity (Wildman–Crippen MR) is 480 cm³/mol. The van der Waals surface area contributed by atoms with E-state index in [2.05, 4.69) is 151 Å². The molecule has 0 fully saturated rings. The molecule has 13 aromatic rings. The van der Waals surface area contributed by atoms with Crippen molar-refractivity contribution in [3.8, 4) is 34.5 Å². The SMILES string of the molecule is [N-]=[N+]=NCc1cc(CN=[N+]=[N-])cc(OCc2cn(Cc3c(Cn4cc(COc5cc(CN=[N+]=[N-])cc(CN=[N+]=[N-])c5)nn4)c(Cn4cc(COc5cc(CN=[N+]=[N-])cc(CN=[N+]=[N-])c5)nn4)c(Cn4cc(COc5cc(CN=[N+]=[N-])cc(CN=[N+]=[N-])c5)nn4)c(Cn4cc(COc5cc(CN=[N+]=[N-])cc(CN=[N+]=[N-])c5)nn4)c3Cn3cc(COc4cc(CN=[N+]=[N-])cc(CN=[N+]=[N-])c4)nn3)nn2)c1. The van der Waals surface area contributed by atoms with Crippen molar-refractivity contribution in [1.82, 2.24) is 90.0 Å². The summed E-state index contributed by atoms with van der Waals surface area (Å²) in [6.45, 7) is -2.66. The molecule has 6 aromatic heterocycles. The number of hydrogen-bond donors (Lipinski definition) is 0. The van der Waals surface area contributed by atoms with Crippen LogP contribution in [-0.2, 0) is 157 Å². The van der Waals surface area contributed by atoms with Crippen LogP contribution in [-0.4, -0.2) is 90.0 Å². The number of nitrogens with zero attached hydrogens (tertiary/aromatic N) is 54. The summed E-state index contributed by atoms with van der Waals surface area (Å²) in [5, 5.41) is 101. The van der Waals surface area contributed by atoms with E-state index < -0.39 is 0 Å². The van der Waals surface area contributed by atoms with E-state index in [9.17, 15) is 66.4 Å². The van der Waals surface area contributed by atoms with E-state index in [1.54, 1.807) is 174 Å². The lowest BCUT2D eigenvalue weighted by atomic mass is 9.85. The summed E-state index contributed by atoms with van der Waals surface area (Å²) < 4.78 is 47.9. The molecule has 0 spiro atoms. The highest BCUT2D eigenvalue weighted by atomic mass is 16.5. The number of hydrogen-bond acceptors (Lipinski definition) is 30. The molecule has 0 saturated carbocycles. The maximum Gasteiger partial charge on any atom is 0.134 e. The molecule has 0 N–H and O–H groups in total. The van der Waals surface area contributed by atoms with Gasteiger partial charge in [-0.1, -0.05) is 129 Å². The van der Waals surface area contributed by atoms with Crippen molar-refractivity contribution in [1.29, 1.82) is 0 Å². The van der Waals surface area contributed by atoms with Crippen LogP contribution < -0.4 is 28.4 Å². The molecule has 0 radical (unpaired) electrons. The minimum Gasteiger partial charge on any atom is -0.487 e. The zero-order valence-corrected chi connectivity index (χ0v) is 72.4. The van der Waals surface area contributed by atoms with Gasteiger partial charge in [0, 0.05) is 58.9 Å². The Balaban J connectivity index is 1.02. The summed E-state index contributed by atoms with van der Waals surface area (Å²) in [4.78, 5) is 35.0. The molecule has 7 aromatic carbocycles. The van der Waals surface area contributed by atoms with Crippen molar-refractivity contribution < 1.29 is 28.4 Å². The van der Waals surface area contributed by atoms with Crippen LogP contribution in [0.25, 0.3) is 125 Å². The highest BCUT2D eigenvalue weighted by Crippen LogP contribution is 2.36.